The molecule has 0 heterocycles. The van der Waals surface area contributed by atoms with Gasteiger partial charge in [-0.15, -0.1) is 0 Å². The monoisotopic (exact) mass is 266 g/mol. The number of ether oxygens (including phenoxy) is 2. The average molecular weight is 266 g/mol. The first-order chi connectivity index (χ1) is 9.10. The van der Waals surface area contributed by atoms with E-state index in [9.17, 15) is 4.79 Å². The molecule has 5 heteroatoms. The molecule has 1 rings (SSSR count). The van der Waals surface area contributed by atoms with Crippen molar-refractivity contribution < 1.29 is 14.3 Å². The molecule has 1 amide bonds. The second-order valence-corrected chi connectivity index (χ2v) is 4.27. The smallest absolute Gasteiger partial charge is 0.260 e. The summed E-state index contributed by atoms with van der Waals surface area (Å²) in [5, 5.41) is 2.79. The van der Waals surface area contributed by atoms with Crippen LogP contribution in [0.2, 0.25) is 0 Å². The second-order valence-electron chi connectivity index (χ2n) is 4.27. The lowest BCUT2D eigenvalue weighted by atomic mass is 10.2. The predicted molar refractivity (Wildman–Crippen MR) is 74.3 cm³/mol. The summed E-state index contributed by atoms with van der Waals surface area (Å²) in [7, 11) is 1.58. The van der Waals surface area contributed by atoms with Crippen LogP contribution in [0.5, 0.6) is 11.5 Å². The van der Waals surface area contributed by atoms with Gasteiger partial charge in [0.05, 0.1) is 7.11 Å². The molecule has 0 radical (unpaired) electrons. The third-order valence-corrected chi connectivity index (χ3v) is 2.64. The zero-order valence-electron chi connectivity index (χ0n) is 11.7. The molecule has 19 heavy (non-hydrogen) atoms. The standard InChI is InChI=1S/C14H22N2O3/c1-4-5-16-14(17)10(2)19-13-7-11(9-15)6-12(8-13)18-3/h6-8,10H,4-5,9,15H2,1-3H3,(H,16,17). The third kappa shape index (κ3) is 4.79. The summed E-state index contributed by atoms with van der Waals surface area (Å²) in [6.45, 7) is 4.76. The Morgan fingerprint density at radius 2 is 2.05 bits per heavy atom. The van der Waals surface area contributed by atoms with E-state index in [1.54, 1.807) is 20.1 Å². The molecule has 1 atom stereocenters. The molecule has 0 saturated carbocycles. The van der Waals surface area contributed by atoms with Crippen molar-refractivity contribution in [3.8, 4) is 11.5 Å². The van der Waals surface area contributed by atoms with Gasteiger partial charge >= 0.3 is 0 Å². The molecule has 0 spiro atoms. The van der Waals surface area contributed by atoms with Gasteiger partial charge in [-0.05, 0) is 31.0 Å². The molecular weight excluding hydrogens is 244 g/mol. The van der Waals surface area contributed by atoms with Gasteiger partial charge in [-0.3, -0.25) is 4.79 Å². The highest BCUT2D eigenvalue weighted by molar-refractivity contribution is 5.80. The maximum Gasteiger partial charge on any atom is 0.260 e. The Balaban J connectivity index is 2.72. The largest absolute Gasteiger partial charge is 0.497 e. The van der Waals surface area contributed by atoms with Crippen LogP contribution in [-0.4, -0.2) is 25.7 Å². The average Bonchev–Trinajstić information content (AvgIpc) is 2.43. The van der Waals surface area contributed by atoms with E-state index in [0.717, 1.165) is 12.0 Å². The van der Waals surface area contributed by atoms with Crippen LogP contribution >= 0.6 is 0 Å². The normalized spacial score (nSPS) is 11.8. The third-order valence-electron chi connectivity index (χ3n) is 2.64. The molecule has 3 N–H and O–H groups in total. The first-order valence-corrected chi connectivity index (χ1v) is 6.43. The Hall–Kier alpha value is -1.75. The van der Waals surface area contributed by atoms with Gasteiger partial charge in [-0.1, -0.05) is 6.92 Å². The van der Waals surface area contributed by atoms with Crippen LogP contribution in [0.25, 0.3) is 0 Å². The highest BCUT2D eigenvalue weighted by Crippen LogP contribution is 2.23. The molecule has 1 aromatic rings. The fourth-order valence-electron chi connectivity index (χ4n) is 1.58. The van der Waals surface area contributed by atoms with Gasteiger partial charge < -0.3 is 20.5 Å². The van der Waals surface area contributed by atoms with Crippen molar-refractivity contribution in [2.24, 2.45) is 5.73 Å². The molecule has 0 bridgehead atoms. The van der Waals surface area contributed by atoms with E-state index >= 15 is 0 Å². The van der Waals surface area contributed by atoms with Crippen LogP contribution in [0.4, 0.5) is 0 Å². The van der Waals surface area contributed by atoms with Crippen LogP contribution in [0.15, 0.2) is 18.2 Å². The molecule has 0 fully saturated rings. The van der Waals surface area contributed by atoms with E-state index in [1.807, 2.05) is 19.1 Å². The summed E-state index contributed by atoms with van der Waals surface area (Å²) >= 11 is 0. The highest BCUT2D eigenvalue weighted by atomic mass is 16.5. The minimum absolute atomic E-state index is 0.126. The first kappa shape index (κ1) is 15.3. The number of nitrogens with two attached hydrogens (primary N) is 1. The summed E-state index contributed by atoms with van der Waals surface area (Å²) in [5.41, 5.74) is 6.51. The lowest BCUT2D eigenvalue weighted by Gasteiger charge is -2.16. The molecule has 1 unspecified atom stereocenters. The summed E-state index contributed by atoms with van der Waals surface area (Å²) in [5.74, 6) is 1.12. The molecule has 0 aliphatic heterocycles. The van der Waals surface area contributed by atoms with Gasteiger partial charge in [-0.25, -0.2) is 0 Å². The van der Waals surface area contributed by atoms with E-state index in [4.69, 9.17) is 15.2 Å². The number of carbonyl (C=O) groups is 1. The van der Waals surface area contributed by atoms with Crippen LogP contribution in [0.3, 0.4) is 0 Å². The predicted octanol–water partition coefficient (Wildman–Crippen LogP) is 1.45. The number of benzene rings is 1. The topological polar surface area (TPSA) is 73.6 Å². The maximum atomic E-state index is 11.7. The summed E-state index contributed by atoms with van der Waals surface area (Å²) in [4.78, 5) is 11.7. The Kier molecular flexibility index (Phi) is 6.15. The van der Waals surface area contributed by atoms with Gasteiger partial charge in [0.25, 0.3) is 5.91 Å². The van der Waals surface area contributed by atoms with Crippen LogP contribution < -0.4 is 20.5 Å². The summed E-state index contributed by atoms with van der Waals surface area (Å²) < 4.78 is 10.8. The van der Waals surface area contributed by atoms with Gasteiger partial charge in [-0.2, -0.15) is 0 Å². The molecular formula is C14H22N2O3. The van der Waals surface area contributed by atoms with Crippen LogP contribution in [0.1, 0.15) is 25.8 Å². The molecule has 0 aliphatic rings. The second kappa shape index (κ2) is 7.63. The number of rotatable bonds is 7. The number of methoxy groups -OCH3 is 1. The lowest BCUT2D eigenvalue weighted by molar-refractivity contribution is -0.127. The van der Waals surface area contributed by atoms with E-state index in [1.165, 1.54) is 0 Å². The van der Waals surface area contributed by atoms with Crippen molar-refractivity contribution in [1.29, 1.82) is 0 Å². The summed E-state index contributed by atoms with van der Waals surface area (Å²) in [6.07, 6.45) is 0.346. The van der Waals surface area contributed by atoms with E-state index < -0.39 is 6.10 Å². The Morgan fingerprint density at radius 3 is 2.63 bits per heavy atom. The molecule has 5 nitrogen and oxygen atoms in total. The number of hydrogen-bond donors (Lipinski definition) is 2. The lowest BCUT2D eigenvalue weighted by Crippen LogP contribution is -2.36. The molecule has 1 aromatic carbocycles. The minimum atomic E-state index is -0.552. The van der Waals surface area contributed by atoms with Gasteiger partial charge in [0, 0.05) is 19.2 Å². The van der Waals surface area contributed by atoms with Gasteiger partial charge in [0.15, 0.2) is 6.10 Å². The van der Waals surface area contributed by atoms with Gasteiger partial charge in [0.2, 0.25) is 0 Å². The SMILES string of the molecule is CCCNC(=O)C(C)Oc1cc(CN)cc(OC)c1. The van der Waals surface area contributed by atoms with Crippen molar-refractivity contribution >= 4 is 5.91 Å². The van der Waals surface area contributed by atoms with E-state index in [2.05, 4.69) is 5.32 Å². The van der Waals surface area contributed by atoms with Crippen molar-refractivity contribution in [2.75, 3.05) is 13.7 Å². The Labute approximate surface area is 114 Å². The van der Waals surface area contributed by atoms with Crippen molar-refractivity contribution in [3.05, 3.63) is 23.8 Å². The number of amides is 1. The van der Waals surface area contributed by atoms with Crippen LogP contribution in [0, 0.1) is 0 Å². The molecule has 106 valence electrons. The summed E-state index contributed by atoms with van der Waals surface area (Å²) in [6, 6.07) is 5.39. The zero-order valence-corrected chi connectivity index (χ0v) is 11.7. The molecule has 0 aliphatic carbocycles. The Morgan fingerprint density at radius 1 is 1.37 bits per heavy atom. The first-order valence-electron chi connectivity index (χ1n) is 6.43. The van der Waals surface area contributed by atoms with E-state index in [-0.39, 0.29) is 5.91 Å². The van der Waals surface area contributed by atoms with Crippen molar-refractivity contribution in [1.82, 2.24) is 5.32 Å². The van der Waals surface area contributed by atoms with Crippen LogP contribution in [-0.2, 0) is 11.3 Å². The molecule has 0 aromatic heterocycles. The number of hydrogen-bond acceptors (Lipinski definition) is 4. The highest BCUT2D eigenvalue weighted by Gasteiger charge is 2.14. The fourth-order valence-corrected chi connectivity index (χ4v) is 1.58. The zero-order chi connectivity index (χ0) is 14.3. The number of carbonyl (C=O) groups excluding carboxylic acids is 1. The quantitative estimate of drug-likeness (QED) is 0.783. The molecule has 0 saturated heterocycles. The van der Waals surface area contributed by atoms with E-state index in [0.29, 0.717) is 24.6 Å². The fraction of sp³-hybridized carbons (Fsp3) is 0.500. The Bertz CT molecular complexity index is 399. The minimum Gasteiger partial charge on any atom is -0.497 e. The maximum absolute atomic E-state index is 11.7. The van der Waals surface area contributed by atoms with Crippen molar-refractivity contribution in [2.45, 2.75) is 32.9 Å². The number of nitrogens with one attached hydrogen (secondary N) is 1. The van der Waals surface area contributed by atoms with Crippen molar-refractivity contribution in [3.63, 3.8) is 0 Å². The van der Waals surface area contributed by atoms with Gasteiger partial charge in [0.1, 0.15) is 11.5 Å².